The summed E-state index contributed by atoms with van der Waals surface area (Å²) in [4.78, 5) is 13.4. The summed E-state index contributed by atoms with van der Waals surface area (Å²) in [6.07, 6.45) is 8.98. The van der Waals surface area contributed by atoms with Gasteiger partial charge in [0, 0.05) is 18.7 Å². The van der Waals surface area contributed by atoms with Gasteiger partial charge in [0.15, 0.2) is 5.75 Å². The zero-order valence-corrected chi connectivity index (χ0v) is 15.7. The van der Waals surface area contributed by atoms with Crippen LogP contribution in [0.4, 0.5) is 5.69 Å². The molecular formula is C21H24N4O3. The van der Waals surface area contributed by atoms with Gasteiger partial charge < -0.3 is 10.5 Å². The van der Waals surface area contributed by atoms with Gasteiger partial charge in [-0.1, -0.05) is 12.2 Å². The van der Waals surface area contributed by atoms with E-state index < -0.39 is 4.92 Å². The number of hydrogen-bond acceptors (Lipinski definition) is 6. The van der Waals surface area contributed by atoms with Crippen LogP contribution in [0.25, 0.3) is 0 Å². The van der Waals surface area contributed by atoms with Crippen LogP contribution >= 0.6 is 0 Å². The fourth-order valence-electron chi connectivity index (χ4n) is 4.60. The van der Waals surface area contributed by atoms with E-state index in [1.807, 2.05) is 6.07 Å². The molecule has 7 heteroatoms. The van der Waals surface area contributed by atoms with Gasteiger partial charge in [-0.3, -0.25) is 15.0 Å². The normalized spacial score (nSPS) is 27.4. The van der Waals surface area contributed by atoms with Gasteiger partial charge in [-0.15, -0.1) is 0 Å². The molecule has 146 valence electrons. The number of allylic oxidation sites excluding steroid dienone is 2. The van der Waals surface area contributed by atoms with E-state index in [0.717, 1.165) is 45.2 Å². The predicted molar refractivity (Wildman–Crippen MR) is 105 cm³/mol. The first-order valence-corrected chi connectivity index (χ1v) is 9.80. The minimum absolute atomic E-state index is 0.134. The van der Waals surface area contributed by atoms with Crippen molar-refractivity contribution in [2.75, 3.05) is 13.1 Å². The molecule has 3 atom stereocenters. The molecule has 1 aliphatic heterocycles. The van der Waals surface area contributed by atoms with Crippen molar-refractivity contribution in [3.8, 4) is 11.8 Å². The summed E-state index contributed by atoms with van der Waals surface area (Å²) < 4.78 is 6.31. The van der Waals surface area contributed by atoms with Crippen LogP contribution in [-0.2, 0) is 0 Å². The van der Waals surface area contributed by atoms with Crippen molar-refractivity contribution in [3.63, 3.8) is 0 Å². The lowest BCUT2D eigenvalue weighted by Gasteiger charge is -2.38. The van der Waals surface area contributed by atoms with E-state index in [9.17, 15) is 10.1 Å². The Morgan fingerprint density at radius 2 is 2.25 bits per heavy atom. The first-order valence-electron chi connectivity index (χ1n) is 9.80. The van der Waals surface area contributed by atoms with Gasteiger partial charge in [0.05, 0.1) is 22.6 Å². The molecule has 0 radical (unpaired) electrons. The summed E-state index contributed by atoms with van der Waals surface area (Å²) in [6.45, 7) is 1.79. The largest absolute Gasteiger partial charge is 0.477 e. The van der Waals surface area contributed by atoms with Crippen LogP contribution in [0.2, 0.25) is 0 Å². The van der Waals surface area contributed by atoms with Gasteiger partial charge in [0.1, 0.15) is 6.10 Å². The number of piperidine rings is 1. The summed E-state index contributed by atoms with van der Waals surface area (Å²) in [5, 5.41) is 20.6. The monoisotopic (exact) mass is 380 g/mol. The Labute approximate surface area is 164 Å². The third-order valence-electron chi connectivity index (χ3n) is 5.93. The first-order chi connectivity index (χ1) is 13.6. The Morgan fingerprint density at radius 1 is 1.39 bits per heavy atom. The Hall–Kier alpha value is -2.69. The summed E-state index contributed by atoms with van der Waals surface area (Å²) in [5.41, 5.74) is 8.83. The standard InChI is InChI=1S/C21H24N4O3/c22-12-14-7-8-20(18(10-14)25(26)27)28-21-17-6-2-1-4-15(17)11-19(21)24-9-3-5-16(23)13-24/h1,4,7-8,10,16,19,21H,2-3,5-6,9,11,13,23H2/t16-,19-,21?/m1/s1. The molecule has 4 rings (SSSR count). The number of nitro benzene ring substituents is 1. The van der Waals surface area contributed by atoms with Crippen LogP contribution < -0.4 is 10.5 Å². The Morgan fingerprint density at radius 3 is 3.00 bits per heavy atom. The van der Waals surface area contributed by atoms with Crippen LogP contribution in [0, 0.1) is 21.4 Å². The van der Waals surface area contributed by atoms with Crippen LogP contribution in [0.15, 0.2) is 41.5 Å². The molecule has 1 aromatic carbocycles. The Kier molecular flexibility index (Phi) is 5.16. The highest BCUT2D eigenvalue weighted by Gasteiger charge is 2.41. The Bertz CT molecular complexity index is 886. The number of nitrogens with zero attached hydrogens (tertiary/aromatic N) is 3. The quantitative estimate of drug-likeness (QED) is 0.636. The lowest BCUT2D eigenvalue weighted by atomic mass is 9.98. The fourth-order valence-corrected chi connectivity index (χ4v) is 4.60. The van der Waals surface area contributed by atoms with Gasteiger partial charge in [-0.2, -0.15) is 5.26 Å². The molecule has 0 aromatic heterocycles. The molecule has 1 aromatic rings. The summed E-state index contributed by atoms with van der Waals surface area (Å²) in [5.74, 6) is 0.226. The van der Waals surface area contributed by atoms with E-state index in [-0.39, 0.29) is 35.2 Å². The molecule has 1 heterocycles. The fraction of sp³-hybridized carbons (Fsp3) is 0.476. The van der Waals surface area contributed by atoms with E-state index >= 15 is 0 Å². The van der Waals surface area contributed by atoms with Gasteiger partial charge in [-0.05, 0) is 61.9 Å². The van der Waals surface area contributed by atoms with Gasteiger partial charge in [0.25, 0.3) is 0 Å². The zero-order chi connectivity index (χ0) is 19.7. The number of hydrogen-bond donors (Lipinski definition) is 1. The van der Waals surface area contributed by atoms with E-state index in [0.29, 0.717) is 0 Å². The van der Waals surface area contributed by atoms with Crippen LogP contribution in [0.5, 0.6) is 5.75 Å². The molecule has 1 unspecified atom stereocenters. The third-order valence-corrected chi connectivity index (χ3v) is 5.93. The van der Waals surface area contributed by atoms with Crippen LogP contribution in [0.3, 0.4) is 0 Å². The number of benzene rings is 1. The number of rotatable bonds is 4. The minimum Gasteiger partial charge on any atom is -0.477 e. The predicted octanol–water partition coefficient (Wildman–Crippen LogP) is 3.06. The average Bonchev–Trinajstić information content (AvgIpc) is 3.07. The number of nitro groups is 1. The molecule has 1 saturated heterocycles. The average molecular weight is 380 g/mol. The Balaban J connectivity index is 1.66. The molecule has 0 amide bonds. The molecule has 7 nitrogen and oxygen atoms in total. The molecule has 28 heavy (non-hydrogen) atoms. The first kappa shape index (κ1) is 18.7. The van der Waals surface area contributed by atoms with Gasteiger partial charge >= 0.3 is 5.69 Å². The highest BCUT2D eigenvalue weighted by Crippen LogP contribution is 2.41. The second-order valence-electron chi connectivity index (χ2n) is 7.75. The molecule has 2 aliphatic carbocycles. The third kappa shape index (κ3) is 3.53. The molecule has 1 fully saturated rings. The lowest BCUT2D eigenvalue weighted by molar-refractivity contribution is -0.386. The van der Waals surface area contributed by atoms with Crippen molar-refractivity contribution in [1.82, 2.24) is 4.90 Å². The topological polar surface area (TPSA) is 105 Å². The van der Waals surface area contributed by atoms with Crippen molar-refractivity contribution >= 4 is 5.69 Å². The molecule has 3 aliphatic rings. The maximum atomic E-state index is 11.5. The zero-order valence-electron chi connectivity index (χ0n) is 15.7. The summed E-state index contributed by atoms with van der Waals surface area (Å²) in [6, 6.07) is 6.65. The molecule has 0 saturated carbocycles. The number of nitriles is 1. The van der Waals surface area contributed by atoms with Crippen LogP contribution in [0.1, 0.15) is 37.7 Å². The lowest BCUT2D eigenvalue weighted by Crippen LogP contribution is -2.52. The van der Waals surface area contributed by atoms with Gasteiger partial charge in [-0.25, -0.2) is 0 Å². The number of nitrogens with two attached hydrogens (primary N) is 1. The second kappa shape index (κ2) is 7.74. The second-order valence-corrected chi connectivity index (χ2v) is 7.75. The van der Waals surface area contributed by atoms with Gasteiger partial charge in [0.2, 0.25) is 0 Å². The van der Waals surface area contributed by atoms with Crippen molar-refractivity contribution in [2.45, 2.75) is 50.3 Å². The van der Waals surface area contributed by atoms with Crippen LogP contribution in [-0.4, -0.2) is 41.1 Å². The smallest absolute Gasteiger partial charge is 0.312 e. The minimum atomic E-state index is -0.479. The molecule has 2 N–H and O–H groups in total. The SMILES string of the molecule is N#Cc1ccc(OC2C3=C(C=CCC3)C[C@H]2N2CCC[C@@H](N)C2)c([N+](=O)[O-])c1. The maximum Gasteiger partial charge on any atom is 0.312 e. The number of likely N-dealkylation sites (tertiary alicyclic amines) is 1. The summed E-state index contributed by atoms with van der Waals surface area (Å²) >= 11 is 0. The highest BCUT2D eigenvalue weighted by molar-refractivity contribution is 5.52. The summed E-state index contributed by atoms with van der Waals surface area (Å²) in [7, 11) is 0. The van der Waals surface area contributed by atoms with Crippen molar-refractivity contribution < 1.29 is 9.66 Å². The maximum absolute atomic E-state index is 11.5. The van der Waals surface area contributed by atoms with E-state index in [1.54, 1.807) is 12.1 Å². The van der Waals surface area contributed by atoms with Crippen molar-refractivity contribution in [2.24, 2.45) is 5.73 Å². The van der Waals surface area contributed by atoms with Crippen molar-refractivity contribution in [3.05, 3.63) is 57.2 Å². The van der Waals surface area contributed by atoms with Crippen molar-refractivity contribution in [1.29, 1.82) is 5.26 Å². The molecule has 0 bridgehead atoms. The number of ether oxygens (including phenoxy) is 1. The van der Waals surface area contributed by atoms with E-state index in [1.165, 1.54) is 17.2 Å². The highest BCUT2D eigenvalue weighted by atomic mass is 16.6. The molecule has 0 spiro atoms. The van der Waals surface area contributed by atoms with E-state index in [2.05, 4.69) is 17.1 Å². The van der Waals surface area contributed by atoms with E-state index in [4.69, 9.17) is 15.7 Å². The molecular weight excluding hydrogens is 356 g/mol.